The Morgan fingerprint density at radius 2 is 2.21 bits per heavy atom. The minimum absolute atomic E-state index is 0.0214. The molecule has 1 aliphatic carbocycles. The molecule has 19 heavy (non-hydrogen) atoms. The summed E-state index contributed by atoms with van der Waals surface area (Å²) in [5.41, 5.74) is 0.377. The second kappa shape index (κ2) is 5.15. The lowest BCUT2D eigenvalue weighted by Gasteiger charge is -2.48. The fraction of sp³-hybridized carbons (Fsp3) is 0.600. The van der Waals surface area contributed by atoms with Crippen molar-refractivity contribution in [3.63, 3.8) is 0 Å². The highest BCUT2D eigenvalue weighted by Gasteiger charge is 2.44. The van der Waals surface area contributed by atoms with Gasteiger partial charge in [-0.25, -0.2) is 4.39 Å². The van der Waals surface area contributed by atoms with Crippen LogP contribution in [0.5, 0.6) is 0 Å². The van der Waals surface area contributed by atoms with E-state index < -0.39 is 6.10 Å². The van der Waals surface area contributed by atoms with Crippen LogP contribution in [0.1, 0.15) is 43.8 Å². The maximum Gasteiger partial charge on any atom is 0.143 e. The molecule has 2 nitrogen and oxygen atoms in total. The molecule has 2 fully saturated rings. The van der Waals surface area contributed by atoms with Crippen molar-refractivity contribution >= 4 is 15.9 Å². The molecule has 0 bridgehead atoms. The normalized spacial score (nSPS) is 27.0. The van der Waals surface area contributed by atoms with Gasteiger partial charge in [-0.1, -0.05) is 12.1 Å². The van der Waals surface area contributed by atoms with E-state index in [1.54, 1.807) is 18.2 Å². The summed E-state index contributed by atoms with van der Waals surface area (Å²) in [5, 5.41) is 10.5. The molecule has 4 heteroatoms. The minimum atomic E-state index is -0.737. The van der Waals surface area contributed by atoms with Gasteiger partial charge in [-0.3, -0.25) is 0 Å². The van der Waals surface area contributed by atoms with Gasteiger partial charge in [0.15, 0.2) is 0 Å². The summed E-state index contributed by atoms with van der Waals surface area (Å²) < 4.78 is 20.3. The number of hydrogen-bond donors (Lipinski definition) is 1. The number of hydrogen-bond acceptors (Lipinski definition) is 2. The second-order valence-corrected chi connectivity index (χ2v) is 6.58. The third kappa shape index (κ3) is 2.46. The van der Waals surface area contributed by atoms with E-state index >= 15 is 0 Å². The summed E-state index contributed by atoms with van der Waals surface area (Å²) in [4.78, 5) is 0. The number of benzene rings is 1. The van der Waals surface area contributed by atoms with Crippen molar-refractivity contribution in [3.05, 3.63) is 34.1 Å². The van der Waals surface area contributed by atoms with Gasteiger partial charge in [-0.15, -0.1) is 0 Å². The molecule has 1 aromatic carbocycles. The van der Waals surface area contributed by atoms with Crippen molar-refractivity contribution in [2.24, 2.45) is 5.92 Å². The van der Waals surface area contributed by atoms with E-state index in [2.05, 4.69) is 15.9 Å². The first-order chi connectivity index (χ1) is 9.11. The summed E-state index contributed by atoms with van der Waals surface area (Å²) in [5.74, 6) is -0.248. The average molecular weight is 329 g/mol. The molecule has 1 heterocycles. The zero-order valence-corrected chi connectivity index (χ0v) is 12.3. The van der Waals surface area contributed by atoms with Crippen molar-refractivity contribution in [1.82, 2.24) is 0 Å². The van der Waals surface area contributed by atoms with Crippen LogP contribution >= 0.6 is 15.9 Å². The van der Waals surface area contributed by atoms with E-state index in [0.717, 1.165) is 25.7 Å². The summed E-state index contributed by atoms with van der Waals surface area (Å²) in [6.07, 6.45) is 4.27. The predicted molar refractivity (Wildman–Crippen MR) is 74.3 cm³/mol. The Morgan fingerprint density at radius 3 is 2.89 bits per heavy atom. The predicted octanol–water partition coefficient (Wildman–Crippen LogP) is 3.97. The van der Waals surface area contributed by atoms with Crippen molar-refractivity contribution in [1.29, 1.82) is 0 Å². The van der Waals surface area contributed by atoms with E-state index in [-0.39, 0.29) is 17.3 Å². The van der Waals surface area contributed by atoms with Crippen LogP contribution in [0, 0.1) is 11.7 Å². The molecule has 104 valence electrons. The SMILES string of the molecule is OC(c1cccc(Br)c1F)C1CCOC2(CCC2)C1. The first-order valence-corrected chi connectivity index (χ1v) is 7.67. The Kier molecular flexibility index (Phi) is 3.67. The van der Waals surface area contributed by atoms with Crippen LogP contribution in [0.2, 0.25) is 0 Å². The van der Waals surface area contributed by atoms with Gasteiger partial charge in [0.05, 0.1) is 16.2 Å². The molecule has 1 spiro atoms. The van der Waals surface area contributed by atoms with Crippen molar-refractivity contribution in [3.8, 4) is 0 Å². The topological polar surface area (TPSA) is 29.5 Å². The van der Waals surface area contributed by atoms with Crippen LogP contribution in [-0.2, 0) is 4.74 Å². The van der Waals surface area contributed by atoms with Crippen LogP contribution in [0.15, 0.2) is 22.7 Å². The van der Waals surface area contributed by atoms with Crippen molar-refractivity contribution < 1.29 is 14.2 Å². The molecule has 3 rings (SSSR count). The fourth-order valence-electron chi connectivity index (χ4n) is 3.26. The highest BCUT2D eigenvalue weighted by molar-refractivity contribution is 9.10. The standard InChI is InChI=1S/C15H18BrFO2/c16-12-4-1-3-11(13(12)17)14(18)10-5-8-19-15(9-10)6-2-7-15/h1,3-4,10,14,18H,2,5-9H2. The van der Waals surface area contributed by atoms with Crippen LogP contribution in [0.25, 0.3) is 0 Å². The zero-order valence-electron chi connectivity index (χ0n) is 10.7. The van der Waals surface area contributed by atoms with E-state index in [9.17, 15) is 9.50 Å². The number of rotatable bonds is 2. The van der Waals surface area contributed by atoms with Gasteiger partial charge in [-0.05, 0) is 60.0 Å². The molecule has 0 amide bonds. The Balaban J connectivity index is 1.79. The zero-order chi connectivity index (χ0) is 13.5. The van der Waals surface area contributed by atoms with Crippen LogP contribution < -0.4 is 0 Å². The van der Waals surface area contributed by atoms with Gasteiger partial charge in [0, 0.05) is 12.2 Å². The van der Waals surface area contributed by atoms with E-state index in [1.807, 2.05) is 0 Å². The van der Waals surface area contributed by atoms with Gasteiger partial charge >= 0.3 is 0 Å². The Bertz CT molecular complexity index is 473. The largest absolute Gasteiger partial charge is 0.388 e. The van der Waals surface area contributed by atoms with Gasteiger partial charge in [0.2, 0.25) is 0 Å². The smallest absolute Gasteiger partial charge is 0.143 e. The highest BCUT2D eigenvalue weighted by atomic mass is 79.9. The van der Waals surface area contributed by atoms with Gasteiger partial charge in [0.1, 0.15) is 5.82 Å². The molecule has 1 aliphatic heterocycles. The number of aliphatic hydroxyl groups is 1. The number of ether oxygens (including phenoxy) is 1. The Labute approximate surface area is 121 Å². The van der Waals surface area contributed by atoms with Crippen molar-refractivity contribution in [2.75, 3.05) is 6.61 Å². The van der Waals surface area contributed by atoms with Crippen LogP contribution in [-0.4, -0.2) is 17.3 Å². The molecular weight excluding hydrogens is 311 g/mol. The van der Waals surface area contributed by atoms with Crippen LogP contribution in [0.4, 0.5) is 4.39 Å². The molecule has 2 aliphatic rings. The summed E-state index contributed by atoms with van der Waals surface area (Å²) in [7, 11) is 0. The summed E-state index contributed by atoms with van der Waals surface area (Å²) in [6.45, 7) is 0.678. The quantitative estimate of drug-likeness (QED) is 0.890. The highest BCUT2D eigenvalue weighted by Crippen LogP contribution is 2.47. The third-order valence-electron chi connectivity index (χ3n) is 4.54. The average Bonchev–Trinajstić information content (AvgIpc) is 2.39. The lowest BCUT2D eigenvalue weighted by Crippen LogP contribution is -2.46. The molecular formula is C15H18BrFO2. The van der Waals surface area contributed by atoms with E-state index in [0.29, 0.717) is 16.6 Å². The second-order valence-electron chi connectivity index (χ2n) is 5.73. The van der Waals surface area contributed by atoms with E-state index in [1.165, 1.54) is 6.42 Å². The molecule has 1 saturated heterocycles. The molecule has 1 saturated carbocycles. The van der Waals surface area contributed by atoms with Gasteiger partial charge in [0.25, 0.3) is 0 Å². The van der Waals surface area contributed by atoms with Gasteiger partial charge < -0.3 is 9.84 Å². The third-order valence-corrected chi connectivity index (χ3v) is 5.15. The summed E-state index contributed by atoms with van der Waals surface area (Å²) in [6, 6.07) is 5.10. The maximum atomic E-state index is 14.1. The minimum Gasteiger partial charge on any atom is -0.388 e. The Hall–Kier alpha value is -0.450. The monoisotopic (exact) mass is 328 g/mol. The lowest BCUT2D eigenvalue weighted by molar-refractivity contribution is -0.157. The number of aliphatic hydroxyl groups excluding tert-OH is 1. The first-order valence-electron chi connectivity index (χ1n) is 6.87. The summed E-state index contributed by atoms with van der Waals surface area (Å²) >= 11 is 3.17. The van der Waals surface area contributed by atoms with Crippen molar-refractivity contribution in [2.45, 2.75) is 43.8 Å². The van der Waals surface area contributed by atoms with Gasteiger partial charge in [-0.2, -0.15) is 0 Å². The number of halogens is 2. The molecule has 2 unspecified atom stereocenters. The van der Waals surface area contributed by atoms with Crippen LogP contribution in [0.3, 0.4) is 0 Å². The maximum absolute atomic E-state index is 14.1. The molecule has 1 aromatic rings. The molecule has 0 aromatic heterocycles. The molecule has 1 N–H and O–H groups in total. The molecule has 0 radical (unpaired) electrons. The lowest BCUT2D eigenvalue weighted by atomic mass is 9.70. The Morgan fingerprint density at radius 1 is 1.42 bits per heavy atom. The fourth-order valence-corrected chi connectivity index (χ4v) is 3.64. The molecule has 2 atom stereocenters. The van der Waals surface area contributed by atoms with E-state index in [4.69, 9.17) is 4.74 Å². The first kappa shape index (κ1) is 13.5.